The van der Waals surface area contributed by atoms with Crippen molar-refractivity contribution in [2.24, 2.45) is 10.4 Å². The third kappa shape index (κ3) is 8.83. The lowest BCUT2D eigenvalue weighted by Gasteiger charge is -2.31. The molecule has 31 heavy (non-hydrogen) atoms. The molecule has 0 aliphatic heterocycles. The Bertz CT molecular complexity index is 736. The second-order valence-electron chi connectivity index (χ2n) is 7.89. The van der Waals surface area contributed by atoms with E-state index in [4.69, 9.17) is 4.74 Å². The molecular formula is C21H32F3IN4O2. The van der Waals surface area contributed by atoms with Crippen LogP contribution in [0.2, 0.25) is 0 Å². The van der Waals surface area contributed by atoms with Gasteiger partial charge in [-0.25, -0.2) is 0 Å². The van der Waals surface area contributed by atoms with Crippen LogP contribution >= 0.6 is 24.0 Å². The summed E-state index contributed by atoms with van der Waals surface area (Å²) in [5.41, 5.74) is 1.16. The van der Waals surface area contributed by atoms with Crippen LogP contribution in [0, 0.1) is 5.41 Å². The molecule has 0 unspecified atom stereocenters. The van der Waals surface area contributed by atoms with E-state index in [1.165, 1.54) is 0 Å². The van der Waals surface area contributed by atoms with Crippen LogP contribution in [0.4, 0.5) is 13.2 Å². The van der Waals surface area contributed by atoms with E-state index in [0.717, 1.165) is 31.2 Å². The fourth-order valence-electron chi connectivity index (χ4n) is 3.77. The molecule has 0 aromatic heterocycles. The highest BCUT2D eigenvalue weighted by Crippen LogP contribution is 2.38. The highest BCUT2D eigenvalue weighted by Gasteiger charge is 2.42. The molecule has 176 valence electrons. The molecule has 10 heteroatoms. The second-order valence-corrected chi connectivity index (χ2v) is 7.89. The lowest BCUT2D eigenvalue weighted by atomic mass is 9.84. The molecule has 0 bridgehead atoms. The molecule has 0 spiro atoms. The Hall–Kier alpha value is -1.56. The van der Waals surface area contributed by atoms with Crippen molar-refractivity contribution in [3.05, 3.63) is 35.4 Å². The standard InChI is InChI=1S/C21H31F3N4O2.HI/c1-25-19(27-14-20(9-4-5-10-20)18(29)28(2)3)26-12-16-7-6-8-17(11-16)13-30-15-21(22,23)24;/h6-8,11H,4-5,9-10,12-15H2,1-3H3,(H2,25,26,27);1H. The number of hydrogen-bond acceptors (Lipinski definition) is 3. The Morgan fingerprint density at radius 1 is 1.19 bits per heavy atom. The van der Waals surface area contributed by atoms with Crippen molar-refractivity contribution in [3.63, 3.8) is 0 Å². The summed E-state index contributed by atoms with van der Waals surface area (Å²) < 4.78 is 41.4. The predicted molar refractivity (Wildman–Crippen MR) is 125 cm³/mol. The maximum Gasteiger partial charge on any atom is 0.411 e. The molecule has 1 saturated carbocycles. The van der Waals surface area contributed by atoms with Gasteiger partial charge in [-0.3, -0.25) is 9.79 Å². The molecule has 0 heterocycles. The van der Waals surface area contributed by atoms with E-state index in [1.54, 1.807) is 44.2 Å². The summed E-state index contributed by atoms with van der Waals surface area (Å²) in [7, 11) is 5.22. The van der Waals surface area contributed by atoms with Crippen LogP contribution < -0.4 is 10.6 Å². The number of alkyl halides is 3. The van der Waals surface area contributed by atoms with Crippen LogP contribution in [-0.4, -0.2) is 57.2 Å². The van der Waals surface area contributed by atoms with Gasteiger partial charge < -0.3 is 20.3 Å². The Labute approximate surface area is 199 Å². The molecular weight excluding hydrogens is 524 g/mol. The van der Waals surface area contributed by atoms with E-state index in [1.807, 2.05) is 6.07 Å². The SMILES string of the molecule is CN=C(NCc1cccc(COCC(F)(F)F)c1)NCC1(C(=O)N(C)C)CCCC1.I. The van der Waals surface area contributed by atoms with Crippen LogP contribution in [0.3, 0.4) is 0 Å². The summed E-state index contributed by atoms with van der Waals surface area (Å²) in [5.74, 6) is 0.709. The summed E-state index contributed by atoms with van der Waals surface area (Å²) >= 11 is 0. The first-order valence-corrected chi connectivity index (χ1v) is 10.0. The summed E-state index contributed by atoms with van der Waals surface area (Å²) in [4.78, 5) is 18.5. The smallest absolute Gasteiger partial charge is 0.367 e. The predicted octanol–water partition coefficient (Wildman–Crippen LogP) is 3.70. The number of guanidine groups is 1. The van der Waals surface area contributed by atoms with Crippen LogP contribution in [0.15, 0.2) is 29.3 Å². The van der Waals surface area contributed by atoms with Crippen molar-refractivity contribution >= 4 is 35.8 Å². The number of ether oxygens (including phenoxy) is 1. The highest BCUT2D eigenvalue weighted by atomic mass is 127. The summed E-state index contributed by atoms with van der Waals surface area (Å²) in [6, 6.07) is 7.18. The molecule has 0 radical (unpaired) electrons. The van der Waals surface area contributed by atoms with Crippen LogP contribution in [0.25, 0.3) is 0 Å². The number of benzene rings is 1. The first-order chi connectivity index (χ1) is 14.1. The van der Waals surface area contributed by atoms with Gasteiger partial charge in [0.05, 0.1) is 12.0 Å². The number of aliphatic imine (C=N–C) groups is 1. The molecule has 1 fully saturated rings. The van der Waals surface area contributed by atoms with Gasteiger partial charge in [0.1, 0.15) is 6.61 Å². The Kier molecular flexibility index (Phi) is 11.1. The lowest BCUT2D eigenvalue weighted by molar-refractivity contribution is -0.176. The minimum atomic E-state index is -4.33. The molecule has 1 aliphatic rings. The molecule has 0 atom stereocenters. The lowest BCUT2D eigenvalue weighted by Crippen LogP contribution is -2.49. The minimum absolute atomic E-state index is 0. The average Bonchev–Trinajstić information content (AvgIpc) is 3.17. The first-order valence-electron chi connectivity index (χ1n) is 10.0. The first kappa shape index (κ1) is 27.5. The quantitative estimate of drug-likeness (QED) is 0.291. The molecule has 1 amide bonds. The maximum absolute atomic E-state index is 12.7. The van der Waals surface area contributed by atoms with Gasteiger partial charge in [0, 0.05) is 34.2 Å². The number of halogens is 4. The molecule has 2 rings (SSSR count). The van der Waals surface area contributed by atoms with Gasteiger partial charge in [-0.2, -0.15) is 13.2 Å². The van der Waals surface area contributed by atoms with Gasteiger partial charge in [0.2, 0.25) is 5.91 Å². The van der Waals surface area contributed by atoms with Gasteiger partial charge in [-0.15, -0.1) is 24.0 Å². The molecule has 1 aromatic rings. The molecule has 1 aliphatic carbocycles. The van der Waals surface area contributed by atoms with Crippen molar-refractivity contribution in [1.29, 1.82) is 0 Å². The second kappa shape index (κ2) is 12.5. The largest absolute Gasteiger partial charge is 0.411 e. The Morgan fingerprint density at radius 3 is 2.42 bits per heavy atom. The number of hydrogen-bond donors (Lipinski definition) is 2. The zero-order chi connectivity index (χ0) is 22.2. The van der Waals surface area contributed by atoms with Crippen molar-refractivity contribution in [2.75, 3.05) is 34.3 Å². The van der Waals surface area contributed by atoms with Crippen LogP contribution in [0.5, 0.6) is 0 Å². The summed E-state index contributed by atoms with van der Waals surface area (Å²) in [6.07, 6.45) is -0.545. The van der Waals surface area contributed by atoms with Crippen molar-refractivity contribution < 1.29 is 22.7 Å². The number of carbonyl (C=O) groups excluding carboxylic acids is 1. The van der Waals surface area contributed by atoms with E-state index in [-0.39, 0.29) is 36.5 Å². The van der Waals surface area contributed by atoms with Crippen LogP contribution in [-0.2, 0) is 22.7 Å². The third-order valence-corrected chi connectivity index (χ3v) is 5.22. The minimum Gasteiger partial charge on any atom is -0.367 e. The Balaban J connectivity index is 0.00000480. The normalized spacial score (nSPS) is 15.9. The number of amides is 1. The van der Waals surface area contributed by atoms with E-state index in [2.05, 4.69) is 15.6 Å². The van der Waals surface area contributed by atoms with E-state index >= 15 is 0 Å². The van der Waals surface area contributed by atoms with E-state index in [0.29, 0.717) is 24.6 Å². The fraction of sp³-hybridized carbons (Fsp3) is 0.619. The monoisotopic (exact) mass is 556 g/mol. The third-order valence-electron chi connectivity index (χ3n) is 5.22. The topological polar surface area (TPSA) is 66.0 Å². The summed E-state index contributed by atoms with van der Waals surface area (Å²) in [5, 5.41) is 6.46. The van der Waals surface area contributed by atoms with E-state index < -0.39 is 18.2 Å². The van der Waals surface area contributed by atoms with Gasteiger partial charge in [-0.1, -0.05) is 37.1 Å². The highest BCUT2D eigenvalue weighted by molar-refractivity contribution is 14.0. The van der Waals surface area contributed by atoms with E-state index in [9.17, 15) is 18.0 Å². The van der Waals surface area contributed by atoms with Gasteiger partial charge in [-0.05, 0) is 24.0 Å². The van der Waals surface area contributed by atoms with Gasteiger partial charge in [0.25, 0.3) is 0 Å². The number of rotatable bonds is 8. The summed E-state index contributed by atoms with van der Waals surface area (Å²) in [6.45, 7) is -0.411. The zero-order valence-electron chi connectivity index (χ0n) is 18.2. The van der Waals surface area contributed by atoms with Crippen molar-refractivity contribution in [1.82, 2.24) is 15.5 Å². The Morgan fingerprint density at radius 2 is 1.84 bits per heavy atom. The van der Waals surface area contributed by atoms with Crippen LogP contribution in [0.1, 0.15) is 36.8 Å². The maximum atomic E-state index is 12.7. The molecule has 1 aromatic carbocycles. The van der Waals surface area contributed by atoms with Gasteiger partial charge in [0.15, 0.2) is 5.96 Å². The number of nitrogens with zero attached hydrogens (tertiary/aromatic N) is 2. The van der Waals surface area contributed by atoms with Crippen molar-refractivity contribution in [3.8, 4) is 0 Å². The number of nitrogens with one attached hydrogen (secondary N) is 2. The van der Waals surface area contributed by atoms with Crippen molar-refractivity contribution in [2.45, 2.75) is 45.0 Å². The fourth-order valence-corrected chi connectivity index (χ4v) is 3.77. The molecule has 2 N–H and O–H groups in total. The van der Waals surface area contributed by atoms with Gasteiger partial charge >= 0.3 is 6.18 Å². The number of carbonyl (C=O) groups is 1. The zero-order valence-corrected chi connectivity index (χ0v) is 20.5. The molecule has 0 saturated heterocycles. The average molecular weight is 556 g/mol. The molecule has 6 nitrogen and oxygen atoms in total.